The van der Waals surface area contributed by atoms with Crippen molar-refractivity contribution >= 4 is 23.2 Å². The number of benzene rings is 2. The van der Waals surface area contributed by atoms with Crippen LogP contribution >= 0.6 is 0 Å². The number of amides is 1. The number of rotatable bonds is 8. The molecule has 3 saturated heterocycles. The van der Waals surface area contributed by atoms with Gasteiger partial charge in [-0.1, -0.05) is 0 Å². The lowest BCUT2D eigenvalue weighted by Crippen LogP contribution is -2.56. The molecule has 0 bridgehead atoms. The zero-order chi connectivity index (χ0) is 33.1. The number of aliphatic hydroxyl groups excluding tert-OH is 1. The van der Waals surface area contributed by atoms with Gasteiger partial charge in [0.05, 0.1) is 36.9 Å². The van der Waals surface area contributed by atoms with Crippen molar-refractivity contribution in [2.45, 2.75) is 30.9 Å². The van der Waals surface area contributed by atoms with Gasteiger partial charge in [0.15, 0.2) is 12.0 Å². The molecular formula is C31H32F4N8O4. The molecule has 0 spiro atoms. The molecule has 47 heavy (non-hydrogen) atoms. The van der Waals surface area contributed by atoms with Gasteiger partial charge in [0.2, 0.25) is 11.9 Å². The zero-order valence-electron chi connectivity index (χ0n) is 25.2. The van der Waals surface area contributed by atoms with Gasteiger partial charge in [-0.3, -0.25) is 9.69 Å². The summed E-state index contributed by atoms with van der Waals surface area (Å²) >= 11 is 0. The number of alkyl halides is 4. The molecule has 4 heterocycles. The Hall–Kier alpha value is -4.59. The van der Waals surface area contributed by atoms with Crippen LogP contribution in [0.4, 0.5) is 34.9 Å². The second kappa shape index (κ2) is 13.6. The van der Waals surface area contributed by atoms with Crippen molar-refractivity contribution in [2.75, 3.05) is 69.3 Å². The number of aromatic nitrogens is 3. The summed E-state index contributed by atoms with van der Waals surface area (Å²) in [4.78, 5) is 29.5. The van der Waals surface area contributed by atoms with E-state index in [2.05, 4.69) is 25.2 Å². The Kier molecular flexibility index (Phi) is 9.39. The molecule has 248 valence electrons. The number of nitrogens with one attached hydrogen (secondary N) is 1. The third-order valence-corrected chi connectivity index (χ3v) is 8.53. The zero-order valence-corrected chi connectivity index (χ0v) is 25.2. The van der Waals surface area contributed by atoms with Gasteiger partial charge in [0.1, 0.15) is 30.9 Å². The molecule has 1 aromatic heterocycles. The summed E-state index contributed by atoms with van der Waals surface area (Å²) < 4.78 is 68.4. The van der Waals surface area contributed by atoms with E-state index in [1.165, 1.54) is 29.4 Å². The first-order valence-corrected chi connectivity index (χ1v) is 15.1. The summed E-state index contributed by atoms with van der Waals surface area (Å²) in [6.45, 7) is 2.83. The topological polar surface area (TPSA) is 140 Å². The molecule has 2 atom stereocenters. The van der Waals surface area contributed by atoms with Gasteiger partial charge in [-0.25, -0.2) is 14.4 Å². The van der Waals surface area contributed by atoms with E-state index in [0.717, 1.165) is 6.07 Å². The minimum atomic E-state index is -4.59. The van der Waals surface area contributed by atoms with E-state index in [-0.39, 0.29) is 54.0 Å². The highest BCUT2D eigenvalue weighted by molar-refractivity contribution is 5.77. The van der Waals surface area contributed by atoms with Crippen molar-refractivity contribution in [3.8, 4) is 23.2 Å². The first-order chi connectivity index (χ1) is 22.6. The number of hydrogen-bond donors (Lipinski definition) is 2. The molecule has 2 N–H and O–H groups in total. The lowest BCUT2D eigenvalue weighted by atomic mass is 10.0. The number of carbonyl (C=O) groups is 1. The number of aliphatic hydroxyl groups is 1. The Labute approximate surface area is 267 Å². The minimum Gasteiger partial charge on any atom is -0.486 e. The molecule has 3 aromatic rings. The Balaban J connectivity index is 1.15. The number of ether oxygens (including phenoxy) is 2. The third-order valence-electron chi connectivity index (χ3n) is 8.53. The minimum absolute atomic E-state index is 0.00417. The van der Waals surface area contributed by atoms with Crippen LogP contribution < -0.4 is 15.0 Å². The van der Waals surface area contributed by atoms with Crippen molar-refractivity contribution in [3.05, 3.63) is 53.9 Å². The molecule has 2 aromatic carbocycles. The summed E-state index contributed by atoms with van der Waals surface area (Å²) in [7, 11) is 0. The molecule has 0 aliphatic carbocycles. The van der Waals surface area contributed by atoms with Crippen LogP contribution in [0.25, 0.3) is 11.4 Å². The van der Waals surface area contributed by atoms with Gasteiger partial charge in [-0.05, 0) is 36.4 Å². The quantitative estimate of drug-likeness (QED) is 0.346. The maximum atomic E-state index is 14.8. The first kappa shape index (κ1) is 32.4. The molecule has 1 amide bonds. The van der Waals surface area contributed by atoms with Crippen LogP contribution in [0, 0.1) is 11.3 Å². The average molecular weight is 657 g/mol. The summed E-state index contributed by atoms with van der Waals surface area (Å²) in [5, 5.41) is 21.6. The van der Waals surface area contributed by atoms with Gasteiger partial charge in [0, 0.05) is 56.1 Å². The molecule has 0 saturated carbocycles. The monoisotopic (exact) mass is 656 g/mol. The van der Waals surface area contributed by atoms with E-state index in [0.29, 0.717) is 51.0 Å². The molecule has 1 unspecified atom stereocenters. The van der Waals surface area contributed by atoms with E-state index in [4.69, 9.17) is 14.6 Å². The lowest BCUT2D eigenvalue weighted by molar-refractivity contribution is -0.138. The Morgan fingerprint density at radius 1 is 1.11 bits per heavy atom. The molecule has 12 nitrogen and oxygen atoms in total. The summed E-state index contributed by atoms with van der Waals surface area (Å²) in [6.07, 6.45) is -5.64. The Bertz CT molecular complexity index is 1640. The highest BCUT2D eigenvalue weighted by atomic mass is 19.4. The maximum absolute atomic E-state index is 14.8. The van der Waals surface area contributed by atoms with Crippen LogP contribution in [0.2, 0.25) is 0 Å². The highest BCUT2D eigenvalue weighted by Gasteiger charge is 2.37. The molecule has 16 heteroatoms. The Morgan fingerprint density at radius 2 is 1.89 bits per heavy atom. The van der Waals surface area contributed by atoms with E-state index in [1.54, 1.807) is 17.0 Å². The number of carbonyl (C=O) groups excluding carboxylic acids is 1. The van der Waals surface area contributed by atoms with Crippen LogP contribution in [-0.2, 0) is 15.7 Å². The van der Waals surface area contributed by atoms with Crippen LogP contribution in [0.1, 0.15) is 17.5 Å². The standard InChI is InChI=1S/C31H32F4N8O4/c32-24-14-43(28(45)15-44)6-5-27(24)47-26-4-1-19(11-20(26)13-36)29-37-18-38-30(40-29)39-21-2-3-25(23(12-21)31(33,34)35)42-9-7-41(8-10-42)22-16-46-17-22/h1-4,11-12,18,22,24,27,44H,5-10,14-17H2,(H,37,38,39,40)/t24?,27-/m0/s1. The van der Waals surface area contributed by atoms with Crippen LogP contribution in [0.5, 0.6) is 5.75 Å². The normalized spacial score (nSPS) is 20.8. The number of halogens is 4. The van der Waals surface area contributed by atoms with Crippen molar-refractivity contribution in [1.82, 2.24) is 24.8 Å². The fourth-order valence-electron chi connectivity index (χ4n) is 5.87. The van der Waals surface area contributed by atoms with Gasteiger partial charge < -0.3 is 29.7 Å². The van der Waals surface area contributed by atoms with Crippen molar-refractivity contribution in [3.63, 3.8) is 0 Å². The summed E-state index contributed by atoms with van der Waals surface area (Å²) in [5.41, 5.74) is -0.0344. The fourth-order valence-corrected chi connectivity index (χ4v) is 5.87. The largest absolute Gasteiger partial charge is 0.486 e. The smallest absolute Gasteiger partial charge is 0.418 e. The average Bonchev–Trinajstić information content (AvgIpc) is 3.04. The number of piperidine rings is 1. The first-order valence-electron chi connectivity index (χ1n) is 15.1. The molecular weight excluding hydrogens is 624 g/mol. The summed E-state index contributed by atoms with van der Waals surface area (Å²) in [5.74, 6) is -0.291. The van der Waals surface area contributed by atoms with Crippen LogP contribution in [0.3, 0.4) is 0 Å². The number of hydrogen-bond acceptors (Lipinski definition) is 11. The van der Waals surface area contributed by atoms with Crippen LogP contribution in [-0.4, -0.2) is 113 Å². The van der Waals surface area contributed by atoms with E-state index >= 15 is 0 Å². The number of piperazine rings is 1. The molecule has 3 aliphatic heterocycles. The predicted octanol–water partition coefficient (Wildman–Crippen LogP) is 3.00. The summed E-state index contributed by atoms with van der Waals surface area (Å²) in [6, 6.07) is 10.9. The van der Waals surface area contributed by atoms with Crippen molar-refractivity contribution in [2.24, 2.45) is 0 Å². The van der Waals surface area contributed by atoms with Crippen molar-refractivity contribution < 1.29 is 36.9 Å². The lowest BCUT2D eigenvalue weighted by Gasteiger charge is -2.43. The van der Waals surface area contributed by atoms with E-state index in [1.807, 2.05) is 6.07 Å². The van der Waals surface area contributed by atoms with Gasteiger partial charge in [-0.15, -0.1) is 0 Å². The molecule has 3 fully saturated rings. The number of anilines is 3. The predicted molar refractivity (Wildman–Crippen MR) is 161 cm³/mol. The molecule has 3 aliphatic rings. The highest BCUT2D eigenvalue weighted by Crippen LogP contribution is 2.39. The SMILES string of the molecule is N#Cc1cc(-c2ncnc(Nc3ccc(N4CCN(C5COC5)CC4)c(C(F)(F)F)c3)n2)ccc1O[C@H]1CCN(C(=O)CO)CC1F. The van der Waals surface area contributed by atoms with Gasteiger partial charge >= 0.3 is 6.18 Å². The Morgan fingerprint density at radius 3 is 2.55 bits per heavy atom. The third kappa shape index (κ3) is 7.22. The van der Waals surface area contributed by atoms with Crippen LogP contribution in [0.15, 0.2) is 42.7 Å². The molecule has 6 rings (SSSR count). The maximum Gasteiger partial charge on any atom is 0.418 e. The van der Waals surface area contributed by atoms with E-state index in [9.17, 15) is 27.6 Å². The fraction of sp³-hybridized carbons (Fsp3) is 0.452. The van der Waals surface area contributed by atoms with E-state index < -0.39 is 36.5 Å². The van der Waals surface area contributed by atoms with Gasteiger partial charge in [0.25, 0.3) is 0 Å². The molecule has 0 radical (unpaired) electrons. The number of likely N-dealkylation sites (tertiary alicyclic amines) is 1. The second-order valence-electron chi connectivity index (χ2n) is 11.5. The number of nitriles is 1. The van der Waals surface area contributed by atoms with Gasteiger partial charge in [-0.2, -0.15) is 23.4 Å². The second-order valence-corrected chi connectivity index (χ2v) is 11.5. The number of nitrogens with zero attached hydrogens (tertiary/aromatic N) is 7. The van der Waals surface area contributed by atoms with Crippen molar-refractivity contribution in [1.29, 1.82) is 5.26 Å².